The molecule has 2 aromatic rings. The molecule has 0 amide bonds. The first-order chi connectivity index (χ1) is 18.4. The molecule has 2 aliphatic carbocycles. The highest BCUT2D eigenvalue weighted by molar-refractivity contribution is 9.10. The largest absolute Gasteiger partial charge is 0.490 e. The zero-order valence-electron chi connectivity index (χ0n) is 21.3. The van der Waals surface area contributed by atoms with E-state index in [-0.39, 0.29) is 18.1 Å². The van der Waals surface area contributed by atoms with Crippen molar-refractivity contribution in [1.82, 2.24) is 4.90 Å². The van der Waals surface area contributed by atoms with Crippen LogP contribution in [0.15, 0.2) is 69.5 Å². The predicted molar refractivity (Wildman–Crippen MR) is 145 cm³/mol. The lowest BCUT2D eigenvalue weighted by molar-refractivity contribution is -0.138. The normalized spacial score (nSPS) is 17.9. The zero-order valence-corrected chi connectivity index (χ0v) is 22.9. The van der Waals surface area contributed by atoms with Crippen molar-refractivity contribution >= 4 is 33.5 Å². The average Bonchev–Trinajstić information content (AvgIpc) is 2.89. The van der Waals surface area contributed by atoms with Crippen molar-refractivity contribution in [3.05, 3.63) is 80.6 Å². The third-order valence-electron chi connectivity index (χ3n) is 7.29. The first-order valence-electron chi connectivity index (χ1n) is 13.0. The number of hydrogen-bond donors (Lipinski definition) is 1. The molecular weight excluding hydrogens is 550 g/mol. The second-order valence-electron chi connectivity index (χ2n) is 9.74. The van der Waals surface area contributed by atoms with Crippen molar-refractivity contribution in [3.8, 4) is 11.5 Å². The molecule has 3 aliphatic rings. The highest BCUT2D eigenvalue weighted by Crippen LogP contribution is 2.50. The van der Waals surface area contributed by atoms with Gasteiger partial charge in [0.15, 0.2) is 23.1 Å². The Morgan fingerprint density at radius 1 is 0.921 bits per heavy atom. The second-order valence-corrected chi connectivity index (χ2v) is 10.7. The molecule has 8 heteroatoms. The molecule has 2 aromatic carbocycles. The zero-order chi connectivity index (χ0) is 26.8. The van der Waals surface area contributed by atoms with Gasteiger partial charge in [0.05, 0.1) is 6.61 Å². The number of ether oxygens (including phenoxy) is 2. The molecule has 5 rings (SSSR count). The molecule has 7 nitrogen and oxygen atoms in total. The van der Waals surface area contributed by atoms with Gasteiger partial charge in [-0.2, -0.15) is 0 Å². The molecule has 38 heavy (non-hydrogen) atoms. The van der Waals surface area contributed by atoms with E-state index < -0.39 is 11.9 Å². The molecule has 0 spiro atoms. The minimum absolute atomic E-state index is 0.0231. The van der Waals surface area contributed by atoms with E-state index >= 15 is 0 Å². The van der Waals surface area contributed by atoms with Gasteiger partial charge in [-0.05, 0) is 68.0 Å². The van der Waals surface area contributed by atoms with Gasteiger partial charge in [-0.15, -0.1) is 0 Å². The van der Waals surface area contributed by atoms with Crippen molar-refractivity contribution in [2.24, 2.45) is 0 Å². The smallest absolute Gasteiger partial charge is 0.323 e. The third kappa shape index (κ3) is 5.14. The molecule has 1 N–H and O–H groups in total. The van der Waals surface area contributed by atoms with Gasteiger partial charge in [0, 0.05) is 45.8 Å². The van der Waals surface area contributed by atoms with Crippen LogP contribution < -0.4 is 9.47 Å². The van der Waals surface area contributed by atoms with Gasteiger partial charge in [0.1, 0.15) is 13.2 Å². The summed E-state index contributed by atoms with van der Waals surface area (Å²) in [7, 11) is 0. The van der Waals surface area contributed by atoms with Crippen LogP contribution in [0.3, 0.4) is 0 Å². The van der Waals surface area contributed by atoms with Crippen LogP contribution in [0.4, 0.5) is 0 Å². The highest BCUT2D eigenvalue weighted by Gasteiger charge is 2.43. The van der Waals surface area contributed by atoms with Gasteiger partial charge >= 0.3 is 5.97 Å². The number of carboxylic acids is 1. The Morgan fingerprint density at radius 3 is 2.13 bits per heavy atom. The number of carboxylic acid groups (broad SMARTS) is 1. The summed E-state index contributed by atoms with van der Waals surface area (Å²) >= 11 is 3.44. The number of rotatable bonds is 8. The van der Waals surface area contributed by atoms with Crippen molar-refractivity contribution < 1.29 is 29.0 Å². The van der Waals surface area contributed by atoms with Crippen LogP contribution in [0.5, 0.6) is 11.5 Å². The third-order valence-corrected chi connectivity index (χ3v) is 7.82. The van der Waals surface area contributed by atoms with Gasteiger partial charge in [-0.25, -0.2) is 0 Å². The molecule has 0 radical (unpaired) electrons. The fourth-order valence-electron chi connectivity index (χ4n) is 5.71. The summed E-state index contributed by atoms with van der Waals surface area (Å²) in [6.45, 7) is 2.43. The Hall–Kier alpha value is -3.39. The topological polar surface area (TPSA) is 93.1 Å². The van der Waals surface area contributed by atoms with Crippen molar-refractivity contribution in [2.75, 3.05) is 13.2 Å². The summed E-state index contributed by atoms with van der Waals surface area (Å²) in [5, 5.41) is 9.64. The molecule has 1 aliphatic heterocycles. The monoisotopic (exact) mass is 579 g/mol. The Morgan fingerprint density at radius 2 is 1.55 bits per heavy atom. The SMILES string of the molecule is CCOc1cc(C2C3=C(CCCC3=O)N(CC(=O)O)C3=C2C(=O)CCC3)ccc1OCc1ccc(Br)cc1. The van der Waals surface area contributed by atoms with E-state index in [0.717, 1.165) is 27.0 Å². The maximum absolute atomic E-state index is 13.4. The van der Waals surface area contributed by atoms with E-state index in [0.29, 0.717) is 74.4 Å². The van der Waals surface area contributed by atoms with Crippen molar-refractivity contribution in [3.63, 3.8) is 0 Å². The van der Waals surface area contributed by atoms with Crippen LogP contribution in [0.25, 0.3) is 0 Å². The Kier molecular flexibility index (Phi) is 7.70. The Bertz CT molecular complexity index is 1300. The number of Topliss-reactive ketones (excluding diaryl/α,β-unsaturated/α-hetero) is 2. The molecule has 0 atom stereocenters. The number of benzene rings is 2. The standard InChI is InChI=1S/C30H30BrNO6/c1-2-37-26-15-19(11-14-25(26)38-17-18-9-12-20(31)13-10-18)28-29-21(5-3-7-23(29)33)32(16-27(35)36)22-6-4-8-24(34)30(22)28/h9-15,28H,2-8,16-17H2,1H3,(H,35,36). The van der Waals surface area contributed by atoms with Crippen LogP contribution in [0, 0.1) is 0 Å². The second kappa shape index (κ2) is 11.2. The van der Waals surface area contributed by atoms with Crippen LogP contribution in [0.2, 0.25) is 0 Å². The van der Waals surface area contributed by atoms with Crippen LogP contribution in [-0.2, 0) is 21.0 Å². The number of nitrogens with zero attached hydrogens (tertiary/aromatic N) is 1. The maximum Gasteiger partial charge on any atom is 0.323 e. The Balaban J connectivity index is 1.57. The van der Waals surface area contributed by atoms with E-state index in [1.54, 1.807) is 4.90 Å². The Labute approximate surface area is 230 Å². The van der Waals surface area contributed by atoms with Crippen molar-refractivity contribution in [2.45, 2.75) is 58.0 Å². The highest BCUT2D eigenvalue weighted by atomic mass is 79.9. The number of ketones is 2. The number of carbonyl (C=O) groups is 3. The number of hydrogen-bond acceptors (Lipinski definition) is 6. The van der Waals surface area contributed by atoms with Gasteiger partial charge in [0.2, 0.25) is 0 Å². The molecule has 1 heterocycles. The van der Waals surface area contributed by atoms with Gasteiger partial charge in [-0.3, -0.25) is 14.4 Å². The van der Waals surface area contributed by atoms with E-state index in [1.807, 2.05) is 49.4 Å². The van der Waals surface area contributed by atoms with E-state index in [9.17, 15) is 19.5 Å². The quantitative estimate of drug-likeness (QED) is 0.414. The van der Waals surface area contributed by atoms with Crippen LogP contribution in [0.1, 0.15) is 62.5 Å². The van der Waals surface area contributed by atoms with Crippen molar-refractivity contribution in [1.29, 1.82) is 0 Å². The van der Waals surface area contributed by atoms with E-state index in [1.165, 1.54) is 0 Å². The average molecular weight is 580 g/mol. The van der Waals surface area contributed by atoms with E-state index in [2.05, 4.69) is 15.9 Å². The van der Waals surface area contributed by atoms with Gasteiger partial charge < -0.3 is 19.5 Å². The molecule has 198 valence electrons. The van der Waals surface area contributed by atoms with Crippen LogP contribution in [-0.4, -0.2) is 40.7 Å². The minimum Gasteiger partial charge on any atom is -0.490 e. The molecule has 0 aromatic heterocycles. The maximum atomic E-state index is 13.4. The lowest BCUT2D eigenvalue weighted by Gasteiger charge is -2.43. The lowest BCUT2D eigenvalue weighted by Crippen LogP contribution is -2.41. The van der Waals surface area contributed by atoms with E-state index in [4.69, 9.17) is 9.47 Å². The summed E-state index contributed by atoms with van der Waals surface area (Å²) in [4.78, 5) is 40.2. The van der Waals surface area contributed by atoms with Crippen LogP contribution >= 0.6 is 15.9 Å². The molecule has 0 unspecified atom stereocenters. The van der Waals surface area contributed by atoms with Gasteiger partial charge in [-0.1, -0.05) is 34.1 Å². The minimum atomic E-state index is -0.982. The summed E-state index contributed by atoms with van der Waals surface area (Å²) in [6, 6.07) is 13.5. The number of carbonyl (C=O) groups excluding carboxylic acids is 2. The fraction of sp³-hybridized carbons (Fsp3) is 0.367. The first kappa shape index (κ1) is 26.2. The number of allylic oxidation sites excluding steroid dienone is 4. The fourth-order valence-corrected chi connectivity index (χ4v) is 5.97. The first-order valence-corrected chi connectivity index (χ1v) is 13.8. The summed E-state index contributed by atoms with van der Waals surface area (Å²) in [5.41, 5.74) is 4.39. The summed E-state index contributed by atoms with van der Waals surface area (Å²) in [6.07, 6.45) is 3.35. The molecule has 0 bridgehead atoms. The number of aliphatic carboxylic acids is 1. The lowest BCUT2D eigenvalue weighted by atomic mass is 9.71. The predicted octanol–water partition coefficient (Wildman–Crippen LogP) is 5.92. The molecule has 0 fully saturated rings. The number of halogens is 1. The van der Waals surface area contributed by atoms with Gasteiger partial charge in [0.25, 0.3) is 0 Å². The summed E-state index contributed by atoms with van der Waals surface area (Å²) < 4.78 is 13.0. The summed E-state index contributed by atoms with van der Waals surface area (Å²) in [5.74, 6) is -0.439. The molecule has 0 saturated carbocycles. The molecule has 0 saturated heterocycles. The molecular formula is C30H30BrNO6.